The number of nitrogen functional groups attached to an aromatic ring is 1. The number of aromatic nitrogens is 1. The van der Waals surface area contributed by atoms with Gasteiger partial charge in [-0.25, -0.2) is 9.78 Å². The van der Waals surface area contributed by atoms with Gasteiger partial charge in [0.15, 0.2) is 0 Å². The van der Waals surface area contributed by atoms with Gasteiger partial charge >= 0.3 is 6.09 Å². The molecule has 24 heavy (non-hydrogen) atoms. The minimum absolute atomic E-state index is 0.100. The van der Waals surface area contributed by atoms with E-state index in [4.69, 9.17) is 10.5 Å². The quantitative estimate of drug-likeness (QED) is 0.898. The number of amides is 2. The van der Waals surface area contributed by atoms with Crippen LogP contribution in [0.2, 0.25) is 0 Å². The molecule has 0 atom stereocenters. The molecule has 1 saturated heterocycles. The lowest BCUT2D eigenvalue weighted by atomic mass is 10.2. The van der Waals surface area contributed by atoms with Crippen molar-refractivity contribution < 1.29 is 14.3 Å². The van der Waals surface area contributed by atoms with Crippen LogP contribution >= 0.6 is 11.3 Å². The molecule has 3 rings (SSSR count). The molecule has 0 bridgehead atoms. The first-order chi connectivity index (χ1) is 11.5. The molecule has 2 N–H and O–H groups in total. The summed E-state index contributed by atoms with van der Waals surface area (Å²) in [6, 6.07) is 3.79. The molecular formula is C16H20N4O3S. The SMILES string of the molecule is CCOC(=O)N1CCN(C(=O)c2sc3nc(C)ccc3c2N)CC1. The lowest BCUT2D eigenvalue weighted by Gasteiger charge is -2.33. The Hall–Kier alpha value is -2.35. The van der Waals surface area contributed by atoms with Gasteiger partial charge in [0.1, 0.15) is 9.71 Å². The molecule has 0 aliphatic carbocycles. The number of nitrogens with zero attached hydrogens (tertiary/aromatic N) is 3. The Morgan fingerprint density at radius 1 is 1.25 bits per heavy atom. The maximum Gasteiger partial charge on any atom is 0.409 e. The molecule has 8 heteroatoms. The Labute approximate surface area is 144 Å². The van der Waals surface area contributed by atoms with Crippen LogP contribution in [-0.4, -0.2) is 59.6 Å². The van der Waals surface area contributed by atoms with E-state index < -0.39 is 0 Å². The molecule has 1 aliphatic heterocycles. The predicted molar refractivity (Wildman–Crippen MR) is 93.3 cm³/mol. The third kappa shape index (κ3) is 3.01. The summed E-state index contributed by atoms with van der Waals surface area (Å²) in [5.74, 6) is -0.100. The molecule has 2 aromatic heterocycles. The van der Waals surface area contributed by atoms with Crippen molar-refractivity contribution in [3.8, 4) is 0 Å². The van der Waals surface area contributed by atoms with Crippen molar-refractivity contribution in [3.63, 3.8) is 0 Å². The number of aryl methyl sites for hydroxylation is 1. The largest absolute Gasteiger partial charge is 0.450 e. The predicted octanol–water partition coefficient (Wildman–Crippen LogP) is 2.10. The fraction of sp³-hybridized carbons (Fsp3) is 0.438. The molecule has 0 unspecified atom stereocenters. The lowest BCUT2D eigenvalue weighted by Crippen LogP contribution is -2.50. The summed E-state index contributed by atoms with van der Waals surface area (Å²) >= 11 is 1.32. The first-order valence-corrected chi connectivity index (χ1v) is 8.69. The van der Waals surface area contributed by atoms with Gasteiger partial charge in [-0.1, -0.05) is 0 Å². The van der Waals surface area contributed by atoms with Crippen LogP contribution in [0.25, 0.3) is 10.2 Å². The van der Waals surface area contributed by atoms with E-state index in [1.54, 1.807) is 16.7 Å². The van der Waals surface area contributed by atoms with Crippen molar-refractivity contribution in [2.45, 2.75) is 13.8 Å². The van der Waals surface area contributed by atoms with Crippen molar-refractivity contribution >= 4 is 39.2 Å². The number of pyridine rings is 1. The monoisotopic (exact) mass is 348 g/mol. The third-order valence-electron chi connectivity index (χ3n) is 4.02. The van der Waals surface area contributed by atoms with Gasteiger partial charge in [-0.05, 0) is 26.0 Å². The minimum Gasteiger partial charge on any atom is -0.450 e. The highest BCUT2D eigenvalue weighted by atomic mass is 32.1. The van der Waals surface area contributed by atoms with Crippen LogP contribution in [0.1, 0.15) is 22.3 Å². The van der Waals surface area contributed by atoms with Crippen molar-refractivity contribution in [2.24, 2.45) is 0 Å². The number of anilines is 1. The molecule has 7 nitrogen and oxygen atoms in total. The van der Waals surface area contributed by atoms with Crippen molar-refractivity contribution in [3.05, 3.63) is 22.7 Å². The Bertz CT molecular complexity index is 781. The van der Waals surface area contributed by atoms with Crippen LogP contribution in [0.3, 0.4) is 0 Å². The molecule has 2 amide bonds. The van der Waals surface area contributed by atoms with E-state index in [0.29, 0.717) is 43.4 Å². The Morgan fingerprint density at radius 3 is 2.58 bits per heavy atom. The Morgan fingerprint density at radius 2 is 1.92 bits per heavy atom. The van der Waals surface area contributed by atoms with Gasteiger partial charge in [0.25, 0.3) is 5.91 Å². The summed E-state index contributed by atoms with van der Waals surface area (Å²) in [6.45, 7) is 5.90. The third-order valence-corrected chi connectivity index (χ3v) is 5.12. The first kappa shape index (κ1) is 16.5. The zero-order chi connectivity index (χ0) is 17.3. The summed E-state index contributed by atoms with van der Waals surface area (Å²) in [7, 11) is 0. The Kier molecular flexibility index (Phi) is 4.57. The highest BCUT2D eigenvalue weighted by Crippen LogP contribution is 2.33. The zero-order valence-corrected chi connectivity index (χ0v) is 14.6. The number of hydrogen-bond acceptors (Lipinski definition) is 6. The maximum absolute atomic E-state index is 12.8. The Balaban J connectivity index is 1.74. The second-order valence-corrected chi connectivity index (χ2v) is 6.63. The van der Waals surface area contributed by atoms with Gasteiger partial charge in [-0.15, -0.1) is 11.3 Å². The zero-order valence-electron chi connectivity index (χ0n) is 13.7. The molecule has 0 spiro atoms. The number of ether oxygens (including phenoxy) is 1. The fourth-order valence-electron chi connectivity index (χ4n) is 2.70. The average molecular weight is 348 g/mol. The van der Waals surface area contributed by atoms with Gasteiger partial charge < -0.3 is 20.3 Å². The van der Waals surface area contributed by atoms with Gasteiger partial charge in [0, 0.05) is 37.3 Å². The average Bonchev–Trinajstić information content (AvgIpc) is 2.90. The molecule has 1 fully saturated rings. The highest BCUT2D eigenvalue weighted by molar-refractivity contribution is 7.21. The number of carbonyl (C=O) groups excluding carboxylic acids is 2. The van der Waals surface area contributed by atoms with Gasteiger partial charge in [-0.2, -0.15) is 0 Å². The molecule has 128 valence electrons. The molecule has 2 aromatic rings. The number of piperazine rings is 1. The van der Waals surface area contributed by atoms with Crippen LogP contribution in [0.5, 0.6) is 0 Å². The van der Waals surface area contributed by atoms with E-state index in [0.717, 1.165) is 15.9 Å². The number of fused-ring (bicyclic) bond motifs is 1. The number of hydrogen-bond donors (Lipinski definition) is 1. The van der Waals surface area contributed by atoms with Crippen molar-refractivity contribution in [2.75, 3.05) is 38.5 Å². The van der Waals surface area contributed by atoms with E-state index in [2.05, 4.69) is 4.98 Å². The van der Waals surface area contributed by atoms with Crippen LogP contribution in [0.4, 0.5) is 10.5 Å². The smallest absolute Gasteiger partial charge is 0.409 e. The minimum atomic E-state index is -0.328. The number of thiophene rings is 1. The van der Waals surface area contributed by atoms with E-state index in [9.17, 15) is 9.59 Å². The summed E-state index contributed by atoms with van der Waals surface area (Å²) in [5, 5.41) is 0.819. The lowest BCUT2D eigenvalue weighted by molar-refractivity contribution is 0.0575. The van der Waals surface area contributed by atoms with E-state index >= 15 is 0 Å². The van der Waals surface area contributed by atoms with Crippen LogP contribution in [0.15, 0.2) is 12.1 Å². The second kappa shape index (κ2) is 6.64. The van der Waals surface area contributed by atoms with Crippen LogP contribution in [-0.2, 0) is 4.74 Å². The summed E-state index contributed by atoms with van der Waals surface area (Å²) in [6.07, 6.45) is -0.328. The van der Waals surface area contributed by atoms with Crippen molar-refractivity contribution in [1.82, 2.24) is 14.8 Å². The summed E-state index contributed by atoms with van der Waals surface area (Å²) in [4.78, 5) is 33.6. The number of carbonyl (C=O) groups is 2. The molecule has 0 aromatic carbocycles. The van der Waals surface area contributed by atoms with E-state index in [1.807, 2.05) is 19.1 Å². The second-order valence-electron chi connectivity index (χ2n) is 5.63. The molecule has 0 saturated carbocycles. The molecular weight excluding hydrogens is 328 g/mol. The standard InChI is InChI=1S/C16H20N4O3S/c1-3-23-16(22)20-8-6-19(7-9-20)15(21)13-12(17)11-5-4-10(2)18-14(11)24-13/h4-5H,3,6-9,17H2,1-2H3. The maximum atomic E-state index is 12.8. The fourth-order valence-corrected chi connectivity index (χ4v) is 3.81. The van der Waals surface area contributed by atoms with Gasteiger partial charge in [0.05, 0.1) is 12.3 Å². The van der Waals surface area contributed by atoms with E-state index in [1.165, 1.54) is 11.3 Å². The summed E-state index contributed by atoms with van der Waals surface area (Å²) in [5.41, 5.74) is 7.53. The molecule has 3 heterocycles. The van der Waals surface area contributed by atoms with Crippen LogP contribution in [0, 0.1) is 6.92 Å². The number of nitrogens with two attached hydrogens (primary N) is 1. The van der Waals surface area contributed by atoms with E-state index in [-0.39, 0.29) is 12.0 Å². The van der Waals surface area contributed by atoms with Crippen molar-refractivity contribution in [1.29, 1.82) is 0 Å². The molecule has 1 aliphatic rings. The normalized spacial score (nSPS) is 14.9. The highest BCUT2D eigenvalue weighted by Gasteiger charge is 2.28. The first-order valence-electron chi connectivity index (χ1n) is 7.88. The van der Waals surface area contributed by atoms with Crippen LogP contribution < -0.4 is 5.73 Å². The van der Waals surface area contributed by atoms with Gasteiger partial charge in [-0.3, -0.25) is 4.79 Å². The number of rotatable bonds is 2. The van der Waals surface area contributed by atoms with Gasteiger partial charge in [0.2, 0.25) is 0 Å². The molecule has 0 radical (unpaired) electrons. The topological polar surface area (TPSA) is 88.8 Å². The summed E-state index contributed by atoms with van der Waals surface area (Å²) < 4.78 is 4.99.